The molecule has 5 rings (SSSR count). The summed E-state index contributed by atoms with van der Waals surface area (Å²) in [5, 5.41) is 9.67. The van der Waals surface area contributed by atoms with E-state index in [4.69, 9.17) is 16.3 Å². The van der Waals surface area contributed by atoms with Crippen molar-refractivity contribution in [2.45, 2.75) is 32.1 Å². The third kappa shape index (κ3) is 5.79. The molecule has 9 nitrogen and oxygen atoms in total. The predicted molar refractivity (Wildman–Crippen MR) is 141 cm³/mol. The van der Waals surface area contributed by atoms with E-state index in [2.05, 4.69) is 43.0 Å². The number of amides is 2. The van der Waals surface area contributed by atoms with E-state index >= 15 is 0 Å². The van der Waals surface area contributed by atoms with Gasteiger partial charge in [0.25, 0.3) is 0 Å². The molecule has 1 aromatic carbocycles. The minimum absolute atomic E-state index is 0.00870. The number of likely N-dealkylation sites (tertiary alicyclic amines) is 1. The molecular weight excluding hydrogens is 478 g/mol. The largest absolute Gasteiger partial charge is 0.493 e. The fourth-order valence-electron chi connectivity index (χ4n) is 4.66. The van der Waals surface area contributed by atoms with E-state index in [1.807, 2.05) is 23.2 Å². The van der Waals surface area contributed by atoms with Crippen LogP contribution in [0.4, 0.5) is 27.9 Å². The molecule has 6 bridgehead atoms. The number of hydrogen-bond acceptors (Lipinski definition) is 7. The molecule has 2 aliphatic rings. The molecule has 2 aromatic heterocycles. The summed E-state index contributed by atoms with van der Waals surface area (Å²) in [7, 11) is 1.68. The van der Waals surface area contributed by atoms with E-state index in [0.29, 0.717) is 29.3 Å². The summed E-state index contributed by atoms with van der Waals surface area (Å²) in [6, 6.07) is 8.15. The highest BCUT2D eigenvalue weighted by molar-refractivity contribution is 6.32. The van der Waals surface area contributed by atoms with Crippen molar-refractivity contribution < 1.29 is 9.53 Å². The number of nitrogens with one attached hydrogen (secondary N) is 3. The second-order valence-electron chi connectivity index (χ2n) is 9.17. The van der Waals surface area contributed by atoms with Crippen LogP contribution in [0.1, 0.15) is 30.4 Å². The number of carbonyl (C=O) groups excluding carboxylic acids is 1. The number of urea groups is 1. The van der Waals surface area contributed by atoms with Gasteiger partial charge in [-0.3, -0.25) is 4.98 Å². The third-order valence-electron chi connectivity index (χ3n) is 6.70. The Morgan fingerprint density at radius 2 is 2.00 bits per heavy atom. The Labute approximate surface area is 215 Å². The normalized spacial score (nSPS) is 15.4. The molecule has 1 saturated heterocycles. The number of rotatable bonds is 4. The molecule has 36 heavy (non-hydrogen) atoms. The number of benzene rings is 1. The van der Waals surface area contributed by atoms with Crippen LogP contribution in [0.5, 0.6) is 5.75 Å². The van der Waals surface area contributed by atoms with Crippen LogP contribution in [0.2, 0.25) is 5.02 Å². The van der Waals surface area contributed by atoms with Gasteiger partial charge in [-0.1, -0.05) is 11.6 Å². The number of fused-ring (bicyclic) bond motifs is 6. The second-order valence-corrected chi connectivity index (χ2v) is 9.57. The Morgan fingerprint density at radius 1 is 1.14 bits per heavy atom. The first-order valence-electron chi connectivity index (χ1n) is 12.3. The van der Waals surface area contributed by atoms with Gasteiger partial charge < -0.3 is 25.6 Å². The number of piperidine rings is 1. The highest BCUT2D eigenvalue weighted by Crippen LogP contribution is 2.30. The minimum atomic E-state index is 0.00870. The van der Waals surface area contributed by atoms with Crippen LogP contribution in [0.25, 0.3) is 0 Å². The summed E-state index contributed by atoms with van der Waals surface area (Å²) >= 11 is 6.36. The van der Waals surface area contributed by atoms with Crippen molar-refractivity contribution in [3.8, 4) is 5.75 Å². The summed E-state index contributed by atoms with van der Waals surface area (Å²) in [4.78, 5) is 26.9. The lowest BCUT2D eigenvalue weighted by atomic mass is 9.94. The quantitative estimate of drug-likeness (QED) is 0.460. The number of aromatic nitrogens is 3. The molecule has 188 valence electrons. The molecule has 0 spiro atoms. The second kappa shape index (κ2) is 11.0. The maximum atomic E-state index is 11.8. The van der Waals surface area contributed by atoms with E-state index in [9.17, 15) is 4.79 Å². The monoisotopic (exact) mass is 507 g/mol. The smallest absolute Gasteiger partial charge is 0.317 e. The summed E-state index contributed by atoms with van der Waals surface area (Å²) in [6.45, 7) is 2.24. The number of pyridine rings is 1. The van der Waals surface area contributed by atoms with Crippen molar-refractivity contribution in [2.24, 2.45) is 5.92 Å². The molecule has 0 unspecified atom stereocenters. The van der Waals surface area contributed by atoms with E-state index in [1.165, 1.54) is 0 Å². The highest BCUT2D eigenvalue weighted by Gasteiger charge is 2.22. The van der Waals surface area contributed by atoms with Gasteiger partial charge in [0.05, 0.1) is 24.7 Å². The maximum absolute atomic E-state index is 11.8. The molecule has 2 amide bonds. The molecule has 1 fully saturated rings. The van der Waals surface area contributed by atoms with Gasteiger partial charge in [0.2, 0.25) is 5.95 Å². The fourth-order valence-corrected chi connectivity index (χ4v) is 4.80. The number of aryl methyl sites for hydroxylation is 2. The molecule has 0 radical (unpaired) electrons. The highest BCUT2D eigenvalue weighted by atomic mass is 35.5. The number of anilines is 4. The molecule has 0 aliphatic carbocycles. The molecule has 10 heteroatoms. The average Bonchev–Trinajstić information content (AvgIpc) is 2.90. The molecule has 3 N–H and O–H groups in total. The van der Waals surface area contributed by atoms with Gasteiger partial charge in [-0.15, -0.1) is 0 Å². The van der Waals surface area contributed by atoms with Crippen LogP contribution >= 0.6 is 11.6 Å². The van der Waals surface area contributed by atoms with Crippen molar-refractivity contribution in [1.29, 1.82) is 0 Å². The summed E-state index contributed by atoms with van der Waals surface area (Å²) in [5.74, 6) is 2.42. The number of nitrogens with zero attached hydrogens (tertiary/aromatic N) is 4. The molecule has 0 atom stereocenters. The third-order valence-corrected chi connectivity index (χ3v) is 6.98. The van der Waals surface area contributed by atoms with Crippen LogP contribution < -0.4 is 20.7 Å². The van der Waals surface area contributed by atoms with Crippen molar-refractivity contribution in [3.05, 3.63) is 59.0 Å². The fraction of sp³-hybridized carbons (Fsp3) is 0.385. The van der Waals surface area contributed by atoms with Gasteiger partial charge in [0.15, 0.2) is 5.82 Å². The van der Waals surface area contributed by atoms with Crippen LogP contribution in [-0.4, -0.2) is 52.6 Å². The van der Waals surface area contributed by atoms with E-state index in [1.54, 1.807) is 19.4 Å². The van der Waals surface area contributed by atoms with Crippen LogP contribution in [0, 0.1) is 5.92 Å². The van der Waals surface area contributed by atoms with Crippen molar-refractivity contribution in [2.75, 3.05) is 37.4 Å². The zero-order valence-corrected chi connectivity index (χ0v) is 21.0. The lowest BCUT2D eigenvalue weighted by Crippen LogP contribution is -2.43. The number of carbonyl (C=O) groups is 1. The lowest BCUT2D eigenvalue weighted by molar-refractivity contribution is 0.161. The molecule has 4 heterocycles. The Hall–Kier alpha value is -3.59. The molecule has 3 aromatic rings. The van der Waals surface area contributed by atoms with Crippen LogP contribution in [-0.2, 0) is 12.8 Å². The molecule has 0 saturated carbocycles. The topological polar surface area (TPSA) is 104 Å². The summed E-state index contributed by atoms with van der Waals surface area (Å²) in [6.07, 6.45) is 9.81. The summed E-state index contributed by atoms with van der Waals surface area (Å²) < 4.78 is 6.29. The first kappa shape index (κ1) is 24.1. The summed E-state index contributed by atoms with van der Waals surface area (Å²) in [5.41, 5.74) is 3.93. The Bertz CT molecular complexity index is 1230. The lowest BCUT2D eigenvalue weighted by Gasteiger charge is -2.31. The minimum Gasteiger partial charge on any atom is -0.493 e. The van der Waals surface area contributed by atoms with Crippen LogP contribution in [0.3, 0.4) is 0 Å². The van der Waals surface area contributed by atoms with Gasteiger partial charge in [-0.25, -0.2) is 9.78 Å². The zero-order valence-electron chi connectivity index (χ0n) is 20.3. The van der Waals surface area contributed by atoms with E-state index < -0.39 is 0 Å². The zero-order chi connectivity index (χ0) is 24.9. The first-order chi connectivity index (χ1) is 17.6. The maximum Gasteiger partial charge on any atom is 0.317 e. The standard InChI is InChI=1S/C26H30ClN7O2/c1-28-26(35)34-9-6-17(7-10-34)8-11-36-23-5-4-20-13-19(23)3-2-18-12-21(15-29-14-18)32-25-30-16-22(27)24(31-20)33-25/h4-5,12-17H,2-3,6-11H2,1H3,(H,28,35)(H2,30,31,32,33). The Kier molecular flexibility index (Phi) is 7.36. The van der Waals surface area contributed by atoms with Gasteiger partial charge in [-0.05, 0) is 73.4 Å². The predicted octanol–water partition coefficient (Wildman–Crippen LogP) is 4.93. The van der Waals surface area contributed by atoms with Gasteiger partial charge in [0, 0.05) is 32.0 Å². The van der Waals surface area contributed by atoms with Gasteiger partial charge >= 0.3 is 6.03 Å². The van der Waals surface area contributed by atoms with Gasteiger partial charge in [-0.2, -0.15) is 4.98 Å². The number of hydrogen-bond donors (Lipinski definition) is 3. The van der Waals surface area contributed by atoms with Crippen molar-refractivity contribution in [3.63, 3.8) is 0 Å². The molecule has 2 aliphatic heterocycles. The first-order valence-corrected chi connectivity index (χ1v) is 12.7. The Balaban J connectivity index is 1.30. The van der Waals surface area contributed by atoms with Crippen molar-refractivity contribution in [1.82, 2.24) is 25.2 Å². The Morgan fingerprint density at radius 3 is 2.83 bits per heavy atom. The van der Waals surface area contributed by atoms with Crippen LogP contribution in [0.15, 0.2) is 42.9 Å². The number of ether oxygens (including phenoxy) is 1. The van der Waals surface area contributed by atoms with E-state index in [0.717, 1.165) is 73.4 Å². The SMILES string of the molecule is CNC(=O)N1CCC(CCOc2ccc3cc2CCc2cncc(c2)Nc2ncc(Cl)c(n2)N3)CC1. The molecular formula is C26H30ClN7O2. The van der Waals surface area contributed by atoms with Gasteiger partial charge in [0.1, 0.15) is 10.8 Å². The van der Waals surface area contributed by atoms with E-state index in [-0.39, 0.29) is 6.03 Å². The van der Waals surface area contributed by atoms with Crippen molar-refractivity contribution >= 4 is 40.8 Å². The average molecular weight is 508 g/mol. The number of halogens is 1.